The van der Waals surface area contributed by atoms with Crippen LogP contribution in [0.5, 0.6) is 0 Å². The Balaban J connectivity index is 2.85. The maximum atomic E-state index is 12.6. The molecule has 112 valence electrons. The van der Waals surface area contributed by atoms with Crippen LogP contribution in [0.2, 0.25) is 0 Å². The molecule has 1 aromatic carbocycles. The van der Waals surface area contributed by atoms with Crippen LogP contribution in [0.1, 0.15) is 46.1 Å². The molecule has 0 aliphatic heterocycles. The topological polar surface area (TPSA) is 46.3 Å². The van der Waals surface area contributed by atoms with Gasteiger partial charge in [0.15, 0.2) is 0 Å². The third-order valence-electron chi connectivity index (χ3n) is 3.66. The normalized spacial score (nSPS) is 11.1. The number of carbonyl (C=O) groups excluding carboxylic acids is 1. The van der Waals surface area contributed by atoms with E-state index < -0.39 is 0 Å². The monoisotopic (exact) mass is 276 g/mol. The summed E-state index contributed by atoms with van der Waals surface area (Å²) in [6.07, 6.45) is 2.40. The molecule has 0 atom stereocenters. The summed E-state index contributed by atoms with van der Waals surface area (Å²) in [6, 6.07) is 7.95. The molecule has 20 heavy (non-hydrogen) atoms. The van der Waals surface area contributed by atoms with E-state index in [-0.39, 0.29) is 5.91 Å². The van der Waals surface area contributed by atoms with Crippen molar-refractivity contribution in [3.05, 3.63) is 29.8 Å². The SMILES string of the molecule is CCC(CC)N(CC(C)C)C(=O)Cc1ccccc1N. The van der Waals surface area contributed by atoms with E-state index in [1.165, 1.54) is 0 Å². The molecular weight excluding hydrogens is 248 g/mol. The largest absolute Gasteiger partial charge is 0.398 e. The Kier molecular flexibility index (Phi) is 6.56. The summed E-state index contributed by atoms with van der Waals surface area (Å²) in [6.45, 7) is 9.41. The molecule has 3 nitrogen and oxygen atoms in total. The van der Waals surface area contributed by atoms with Gasteiger partial charge in [-0.15, -0.1) is 0 Å². The molecule has 3 heteroatoms. The van der Waals surface area contributed by atoms with Crippen LogP contribution >= 0.6 is 0 Å². The van der Waals surface area contributed by atoms with Crippen LogP contribution in [-0.4, -0.2) is 23.4 Å². The zero-order chi connectivity index (χ0) is 15.1. The Morgan fingerprint density at radius 2 is 1.80 bits per heavy atom. The molecule has 2 N–H and O–H groups in total. The van der Waals surface area contributed by atoms with E-state index in [0.29, 0.717) is 24.1 Å². The van der Waals surface area contributed by atoms with Crippen molar-refractivity contribution >= 4 is 11.6 Å². The van der Waals surface area contributed by atoms with Gasteiger partial charge in [-0.1, -0.05) is 45.9 Å². The first-order valence-corrected chi connectivity index (χ1v) is 7.62. The van der Waals surface area contributed by atoms with Crippen LogP contribution in [-0.2, 0) is 11.2 Å². The third kappa shape index (κ3) is 4.55. The van der Waals surface area contributed by atoms with Crippen LogP contribution in [0.15, 0.2) is 24.3 Å². The molecule has 0 radical (unpaired) electrons. The minimum atomic E-state index is 0.185. The number of amides is 1. The fourth-order valence-electron chi connectivity index (χ4n) is 2.54. The molecule has 0 aromatic heterocycles. The Morgan fingerprint density at radius 3 is 2.30 bits per heavy atom. The highest BCUT2D eigenvalue weighted by Crippen LogP contribution is 2.17. The van der Waals surface area contributed by atoms with Crippen molar-refractivity contribution in [3.63, 3.8) is 0 Å². The smallest absolute Gasteiger partial charge is 0.227 e. The zero-order valence-electron chi connectivity index (χ0n) is 13.2. The minimum Gasteiger partial charge on any atom is -0.398 e. The van der Waals surface area contributed by atoms with Gasteiger partial charge in [-0.3, -0.25) is 4.79 Å². The second kappa shape index (κ2) is 7.93. The standard InChI is InChI=1S/C17H28N2O/c1-5-15(6-2)19(12-13(3)4)17(20)11-14-9-7-8-10-16(14)18/h7-10,13,15H,5-6,11-12,18H2,1-4H3. The summed E-state index contributed by atoms with van der Waals surface area (Å²) < 4.78 is 0. The Labute approximate surface area is 123 Å². The molecule has 0 saturated heterocycles. The maximum Gasteiger partial charge on any atom is 0.227 e. The average Bonchev–Trinajstić information content (AvgIpc) is 2.41. The van der Waals surface area contributed by atoms with E-state index in [4.69, 9.17) is 5.73 Å². The molecule has 1 aromatic rings. The van der Waals surface area contributed by atoms with Crippen LogP contribution in [0, 0.1) is 5.92 Å². The van der Waals surface area contributed by atoms with E-state index in [1.54, 1.807) is 0 Å². The highest BCUT2D eigenvalue weighted by molar-refractivity contribution is 5.80. The number of para-hydroxylation sites is 1. The molecule has 0 saturated carbocycles. The lowest BCUT2D eigenvalue weighted by Gasteiger charge is -2.32. The van der Waals surface area contributed by atoms with Gasteiger partial charge in [-0.05, 0) is 30.4 Å². The van der Waals surface area contributed by atoms with Crippen molar-refractivity contribution in [2.45, 2.75) is 53.0 Å². The molecule has 1 rings (SSSR count). The Hall–Kier alpha value is -1.51. The number of carbonyl (C=O) groups is 1. The number of nitrogen functional groups attached to an aromatic ring is 1. The second-order valence-corrected chi connectivity index (χ2v) is 5.79. The molecule has 0 bridgehead atoms. The van der Waals surface area contributed by atoms with E-state index in [0.717, 1.165) is 24.9 Å². The van der Waals surface area contributed by atoms with Crippen LogP contribution < -0.4 is 5.73 Å². The first kappa shape index (κ1) is 16.5. The van der Waals surface area contributed by atoms with Gasteiger partial charge in [0, 0.05) is 18.3 Å². The third-order valence-corrected chi connectivity index (χ3v) is 3.66. The lowest BCUT2D eigenvalue weighted by Crippen LogP contribution is -2.42. The molecular formula is C17H28N2O. The van der Waals surface area contributed by atoms with Gasteiger partial charge in [0.05, 0.1) is 6.42 Å². The fourth-order valence-corrected chi connectivity index (χ4v) is 2.54. The zero-order valence-corrected chi connectivity index (χ0v) is 13.2. The molecule has 0 aliphatic rings. The van der Waals surface area contributed by atoms with Gasteiger partial charge >= 0.3 is 0 Å². The number of anilines is 1. The van der Waals surface area contributed by atoms with E-state index >= 15 is 0 Å². The number of nitrogens with two attached hydrogens (primary N) is 1. The summed E-state index contributed by atoms with van der Waals surface area (Å²) in [7, 11) is 0. The first-order chi connectivity index (χ1) is 9.49. The van der Waals surface area contributed by atoms with Gasteiger partial charge in [-0.2, -0.15) is 0 Å². The minimum absolute atomic E-state index is 0.185. The van der Waals surface area contributed by atoms with Gasteiger partial charge in [0.1, 0.15) is 0 Å². The Bertz CT molecular complexity index is 425. The van der Waals surface area contributed by atoms with Gasteiger partial charge in [0.2, 0.25) is 5.91 Å². The van der Waals surface area contributed by atoms with Crippen molar-refractivity contribution in [3.8, 4) is 0 Å². The van der Waals surface area contributed by atoms with E-state index in [2.05, 4.69) is 27.7 Å². The first-order valence-electron chi connectivity index (χ1n) is 7.62. The van der Waals surface area contributed by atoms with Crippen molar-refractivity contribution in [1.82, 2.24) is 4.90 Å². The lowest BCUT2D eigenvalue weighted by molar-refractivity contribution is -0.133. The van der Waals surface area contributed by atoms with Crippen molar-refractivity contribution in [2.75, 3.05) is 12.3 Å². The summed E-state index contributed by atoms with van der Waals surface area (Å²) in [5.41, 5.74) is 7.57. The molecule has 0 fully saturated rings. The van der Waals surface area contributed by atoms with Crippen molar-refractivity contribution in [1.29, 1.82) is 0 Å². The highest BCUT2D eigenvalue weighted by atomic mass is 16.2. The van der Waals surface area contributed by atoms with Gasteiger partial charge in [-0.25, -0.2) is 0 Å². The predicted octanol–water partition coefficient (Wildman–Crippen LogP) is 3.48. The second-order valence-electron chi connectivity index (χ2n) is 5.79. The molecule has 0 heterocycles. The number of hydrogen-bond donors (Lipinski definition) is 1. The van der Waals surface area contributed by atoms with Crippen LogP contribution in [0.3, 0.4) is 0 Å². The van der Waals surface area contributed by atoms with Gasteiger partial charge < -0.3 is 10.6 Å². The molecule has 0 spiro atoms. The summed E-state index contributed by atoms with van der Waals surface area (Å²) >= 11 is 0. The predicted molar refractivity (Wildman–Crippen MR) is 85.5 cm³/mol. The summed E-state index contributed by atoms with van der Waals surface area (Å²) in [4.78, 5) is 14.7. The van der Waals surface area contributed by atoms with E-state index in [1.807, 2.05) is 29.2 Å². The van der Waals surface area contributed by atoms with Gasteiger partial charge in [0.25, 0.3) is 0 Å². The fraction of sp³-hybridized carbons (Fsp3) is 0.588. The van der Waals surface area contributed by atoms with Crippen LogP contribution in [0.25, 0.3) is 0 Å². The molecule has 0 aliphatic carbocycles. The average molecular weight is 276 g/mol. The number of hydrogen-bond acceptors (Lipinski definition) is 2. The number of nitrogens with zero attached hydrogens (tertiary/aromatic N) is 1. The summed E-state index contributed by atoms with van der Waals surface area (Å²) in [5, 5.41) is 0. The van der Waals surface area contributed by atoms with Crippen molar-refractivity contribution in [2.24, 2.45) is 5.92 Å². The van der Waals surface area contributed by atoms with Crippen LogP contribution in [0.4, 0.5) is 5.69 Å². The number of benzene rings is 1. The highest BCUT2D eigenvalue weighted by Gasteiger charge is 2.22. The van der Waals surface area contributed by atoms with E-state index in [9.17, 15) is 4.79 Å². The summed E-state index contributed by atoms with van der Waals surface area (Å²) in [5.74, 6) is 0.665. The lowest BCUT2D eigenvalue weighted by atomic mass is 10.0. The maximum absolute atomic E-state index is 12.6. The number of rotatable bonds is 7. The quantitative estimate of drug-likeness (QED) is 0.775. The molecule has 1 amide bonds. The molecule has 0 unspecified atom stereocenters. The Morgan fingerprint density at radius 1 is 1.20 bits per heavy atom. The van der Waals surface area contributed by atoms with Crippen molar-refractivity contribution < 1.29 is 4.79 Å².